The van der Waals surface area contributed by atoms with E-state index in [4.69, 9.17) is 25.8 Å². The smallest absolute Gasteiger partial charge is 0.257 e. The van der Waals surface area contributed by atoms with Gasteiger partial charge in [0.05, 0.1) is 32.9 Å². The van der Waals surface area contributed by atoms with E-state index in [0.29, 0.717) is 41.1 Å². The number of amides is 1. The molecule has 6 nitrogen and oxygen atoms in total. The normalized spacial score (nSPS) is 14.0. The van der Waals surface area contributed by atoms with Crippen molar-refractivity contribution in [3.8, 4) is 17.4 Å². The molecule has 0 aliphatic carbocycles. The Morgan fingerprint density at radius 1 is 1.25 bits per heavy atom. The molecule has 1 saturated heterocycles. The molecule has 1 aromatic carbocycles. The molecular weight excluding hydrogens is 332 g/mol. The fourth-order valence-electron chi connectivity index (χ4n) is 2.44. The zero-order valence-corrected chi connectivity index (χ0v) is 14.1. The molecule has 1 amide bonds. The summed E-state index contributed by atoms with van der Waals surface area (Å²) in [6.45, 7) is 0.946. The Balaban J connectivity index is 1.64. The minimum absolute atomic E-state index is 0.110. The zero-order chi connectivity index (χ0) is 17.1. The van der Waals surface area contributed by atoms with Crippen LogP contribution in [0.3, 0.4) is 0 Å². The Hall–Kier alpha value is -2.47. The number of aromatic nitrogens is 1. The average molecular weight is 349 g/mol. The lowest BCUT2D eigenvalue weighted by molar-refractivity contribution is 0.0158. The molecule has 3 rings (SSSR count). The van der Waals surface area contributed by atoms with Crippen LogP contribution in [0.15, 0.2) is 36.5 Å². The Bertz CT molecular complexity index is 747. The minimum atomic E-state index is -0.120. The lowest BCUT2D eigenvalue weighted by Crippen LogP contribution is -2.56. The van der Waals surface area contributed by atoms with Gasteiger partial charge in [-0.2, -0.15) is 0 Å². The minimum Gasteiger partial charge on any atom is -0.497 e. The van der Waals surface area contributed by atoms with Crippen LogP contribution in [0.5, 0.6) is 17.4 Å². The Morgan fingerprint density at radius 2 is 2.04 bits per heavy atom. The van der Waals surface area contributed by atoms with Gasteiger partial charge in [0, 0.05) is 12.3 Å². The first-order valence-corrected chi connectivity index (χ1v) is 7.78. The van der Waals surface area contributed by atoms with Gasteiger partial charge in [-0.25, -0.2) is 4.98 Å². The van der Waals surface area contributed by atoms with E-state index in [-0.39, 0.29) is 12.0 Å². The maximum Gasteiger partial charge on any atom is 0.257 e. The van der Waals surface area contributed by atoms with Crippen molar-refractivity contribution in [3.63, 3.8) is 0 Å². The van der Waals surface area contributed by atoms with Crippen molar-refractivity contribution in [2.24, 2.45) is 0 Å². The van der Waals surface area contributed by atoms with Crippen molar-refractivity contribution in [2.45, 2.75) is 6.10 Å². The lowest BCUT2D eigenvalue weighted by atomic mass is 10.1. The molecule has 0 saturated carbocycles. The second kappa shape index (κ2) is 6.97. The third kappa shape index (κ3) is 3.23. The number of benzene rings is 1. The molecule has 24 heavy (non-hydrogen) atoms. The van der Waals surface area contributed by atoms with Gasteiger partial charge in [0.15, 0.2) is 0 Å². The Kier molecular flexibility index (Phi) is 4.76. The summed E-state index contributed by atoms with van der Waals surface area (Å²) < 4.78 is 16.1. The molecule has 7 heteroatoms. The van der Waals surface area contributed by atoms with Gasteiger partial charge in [0.1, 0.15) is 22.6 Å². The zero-order valence-electron chi connectivity index (χ0n) is 13.4. The predicted molar refractivity (Wildman–Crippen MR) is 89.1 cm³/mol. The van der Waals surface area contributed by atoms with Gasteiger partial charge in [-0.3, -0.25) is 4.79 Å². The van der Waals surface area contributed by atoms with Crippen LogP contribution in [-0.4, -0.2) is 49.2 Å². The second-order valence-corrected chi connectivity index (χ2v) is 5.71. The molecular formula is C17H17ClN2O4. The van der Waals surface area contributed by atoms with E-state index in [9.17, 15) is 4.79 Å². The Labute approximate surface area is 144 Å². The highest BCUT2D eigenvalue weighted by Crippen LogP contribution is 2.28. The average Bonchev–Trinajstić information content (AvgIpc) is 2.58. The fraction of sp³-hybridized carbons (Fsp3) is 0.294. The van der Waals surface area contributed by atoms with Crippen molar-refractivity contribution in [1.29, 1.82) is 0 Å². The van der Waals surface area contributed by atoms with Gasteiger partial charge in [0.2, 0.25) is 5.88 Å². The van der Waals surface area contributed by atoms with Crippen LogP contribution in [0.4, 0.5) is 0 Å². The van der Waals surface area contributed by atoms with Gasteiger partial charge in [-0.1, -0.05) is 11.6 Å². The molecule has 126 valence electrons. The third-order valence-corrected chi connectivity index (χ3v) is 4.07. The van der Waals surface area contributed by atoms with E-state index in [1.54, 1.807) is 48.5 Å². The molecule has 1 fully saturated rings. The third-order valence-electron chi connectivity index (χ3n) is 3.78. The van der Waals surface area contributed by atoms with E-state index in [2.05, 4.69) is 4.98 Å². The maximum atomic E-state index is 12.6. The SMILES string of the molecule is COc1ccc(C(=O)N2CC(Oc3ncccc3Cl)C2)c(OC)c1. The maximum absolute atomic E-state index is 12.6. The summed E-state index contributed by atoms with van der Waals surface area (Å²) in [4.78, 5) is 18.3. The van der Waals surface area contributed by atoms with E-state index in [1.807, 2.05) is 0 Å². The summed E-state index contributed by atoms with van der Waals surface area (Å²) in [7, 11) is 3.09. The van der Waals surface area contributed by atoms with Crippen LogP contribution in [0.1, 0.15) is 10.4 Å². The molecule has 1 aliphatic rings. The number of likely N-dealkylation sites (tertiary alicyclic amines) is 1. The molecule has 2 aromatic rings. The first-order chi connectivity index (χ1) is 11.6. The monoisotopic (exact) mass is 348 g/mol. The number of carbonyl (C=O) groups excluding carboxylic acids is 1. The topological polar surface area (TPSA) is 60.9 Å². The summed E-state index contributed by atoms with van der Waals surface area (Å²) in [6, 6.07) is 8.57. The molecule has 0 atom stereocenters. The molecule has 0 N–H and O–H groups in total. The van der Waals surface area contributed by atoms with Crippen molar-refractivity contribution < 1.29 is 19.0 Å². The number of methoxy groups -OCH3 is 2. The van der Waals surface area contributed by atoms with Gasteiger partial charge in [-0.05, 0) is 24.3 Å². The van der Waals surface area contributed by atoms with E-state index >= 15 is 0 Å². The largest absolute Gasteiger partial charge is 0.497 e. The fourth-order valence-corrected chi connectivity index (χ4v) is 2.61. The van der Waals surface area contributed by atoms with Gasteiger partial charge < -0.3 is 19.1 Å². The number of hydrogen-bond acceptors (Lipinski definition) is 5. The van der Waals surface area contributed by atoms with E-state index in [0.717, 1.165) is 0 Å². The summed E-state index contributed by atoms with van der Waals surface area (Å²) in [5.74, 6) is 1.40. The number of pyridine rings is 1. The van der Waals surface area contributed by atoms with Crippen LogP contribution in [-0.2, 0) is 0 Å². The summed E-state index contributed by atoms with van der Waals surface area (Å²) in [6.07, 6.45) is 1.50. The summed E-state index contributed by atoms with van der Waals surface area (Å²) in [5.41, 5.74) is 0.493. The second-order valence-electron chi connectivity index (χ2n) is 5.31. The van der Waals surface area contributed by atoms with Gasteiger partial charge >= 0.3 is 0 Å². The number of rotatable bonds is 5. The number of nitrogens with zero attached hydrogens (tertiary/aromatic N) is 2. The van der Waals surface area contributed by atoms with Crippen LogP contribution < -0.4 is 14.2 Å². The number of ether oxygens (including phenoxy) is 3. The van der Waals surface area contributed by atoms with E-state index < -0.39 is 0 Å². The van der Waals surface area contributed by atoms with E-state index in [1.165, 1.54) is 7.11 Å². The predicted octanol–water partition coefficient (Wildman–Crippen LogP) is 2.66. The number of halogens is 1. The van der Waals surface area contributed by atoms with Crippen LogP contribution in [0.2, 0.25) is 5.02 Å². The summed E-state index contributed by atoms with van der Waals surface area (Å²) >= 11 is 6.02. The molecule has 0 bridgehead atoms. The molecule has 0 unspecified atom stereocenters. The summed E-state index contributed by atoms with van der Waals surface area (Å²) in [5, 5.41) is 0.458. The van der Waals surface area contributed by atoms with Gasteiger partial charge in [-0.15, -0.1) is 0 Å². The lowest BCUT2D eigenvalue weighted by Gasteiger charge is -2.38. The molecule has 2 heterocycles. The van der Waals surface area contributed by atoms with Crippen molar-refractivity contribution in [3.05, 3.63) is 47.1 Å². The Morgan fingerprint density at radius 3 is 2.71 bits per heavy atom. The van der Waals surface area contributed by atoms with Crippen LogP contribution in [0.25, 0.3) is 0 Å². The highest BCUT2D eigenvalue weighted by molar-refractivity contribution is 6.31. The first kappa shape index (κ1) is 16.4. The van der Waals surface area contributed by atoms with Crippen LogP contribution in [0, 0.1) is 0 Å². The molecule has 0 radical (unpaired) electrons. The van der Waals surface area contributed by atoms with Crippen molar-refractivity contribution in [2.75, 3.05) is 27.3 Å². The highest BCUT2D eigenvalue weighted by Gasteiger charge is 2.34. The first-order valence-electron chi connectivity index (χ1n) is 7.41. The number of hydrogen-bond donors (Lipinski definition) is 0. The molecule has 1 aliphatic heterocycles. The standard InChI is InChI=1S/C17H17ClN2O4/c1-22-11-5-6-13(15(8-11)23-2)17(21)20-9-12(10-20)24-16-14(18)4-3-7-19-16/h3-8,12H,9-10H2,1-2H3. The van der Waals surface area contributed by atoms with Crippen molar-refractivity contribution >= 4 is 17.5 Å². The highest BCUT2D eigenvalue weighted by atomic mass is 35.5. The van der Waals surface area contributed by atoms with Crippen LogP contribution >= 0.6 is 11.6 Å². The quantitative estimate of drug-likeness (QED) is 0.831. The van der Waals surface area contributed by atoms with Gasteiger partial charge in [0.25, 0.3) is 5.91 Å². The molecule has 1 aromatic heterocycles. The number of carbonyl (C=O) groups is 1. The van der Waals surface area contributed by atoms with Crippen molar-refractivity contribution in [1.82, 2.24) is 9.88 Å². The molecule has 0 spiro atoms.